The van der Waals surface area contributed by atoms with Crippen molar-refractivity contribution in [3.8, 4) is 0 Å². The minimum atomic E-state index is 0.959. The van der Waals surface area contributed by atoms with Gasteiger partial charge >= 0.3 is 0 Å². The third-order valence-corrected chi connectivity index (χ3v) is 1.33. The summed E-state index contributed by atoms with van der Waals surface area (Å²) in [7, 11) is 4.11. The van der Waals surface area contributed by atoms with Gasteiger partial charge in [0.1, 0.15) is 0 Å². The van der Waals surface area contributed by atoms with Gasteiger partial charge in [-0.2, -0.15) is 0 Å². The van der Waals surface area contributed by atoms with Crippen molar-refractivity contribution in [2.75, 3.05) is 20.6 Å². The molecule has 11 heavy (non-hydrogen) atoms. The summed E-state index contributed by atoms with van der Waals surface area (Å²) in [5.74, 6) is 0. The predicted octanol–water partition coefficient (Wildman–Crippen LogP) is 2.46. The maximum atomic E-state index is 3.94. The van der Waals surface area contributed by atoms with Gasteiger partial charge in [-0.1, -0.05) is 32.1 Å². The summed E-state index contributed by atoms with van der Waals surface area (Å²) in [4.78, 5) is 2.12. The molecule has 0 spiro atoms. The molecular formula is C10H19N. The monoisotopic (exact) mass is 153 g/mol. The lowest BCUT2D eigenvalue weighted by molar-refractivity contribution is 0.449. The van der Waals surface area contributed by atoms with Crippen LogP contribution >= 0.6 is 0 Å². The Balaban J connectivity index is 3.51. The number of likely N-dealkylation sites (N-methyl/N-ethyl adjacent to an activating group) is 1. The minimum Gasteiger partial charge on any atom is -0.305 e. The molecular weight excluding hydrogens is 134 g/mol. The molecule has 0 atom stereocenters. The van der Waals surface area contributed by atoms with E-state index in [1.807, 2.05) is 0 Å². The first kappa shape index (κ1) is 10.4. The van der Waals surface area contributed by atoms with Crippen LogP contribution in [0.3, 0.4) is 0 Å². The van der Waals surface area contributed by atoms with Crippen molar-refractivity contribution < 1.29 is 0 Å². The summed E-state index contributed by atoms with van der Waals surface area (Å²) in [6.07, 6.45) is 6.67. The summed E-state index contributed by atoms with van der Waals surface area (Å²) in [5.41, 5.74) is 1.18. The van der Waals surface area contributed by atoms with E-state index in [0.717, 1.165) is 13.0 Å². The summed E-state index contributed by atoms with van der Waals surface area (Å²) < 4.78 is 0. The van der Waals surface area contributed by atoms with Crippen molar-refractivity contribution in [2.45, 2.75) is 19.8 Å². The second kappa shape index (κ2) is 6.17. The van der Waals surface area contributed by atoms with Crippen molar-refractivity contribution in [1.29, 1.82) is 0 Å². The molecule has 0 fully saturated rings. The summed E-state index contributed by atoms with van der Waals surface area (Å²) in [6, 6.07) is 0. The highest BCUT2D eigenvalue weighted by Gasteiger charge is 1.89. The molecule has 0 aromatic heterocycles. The Labute approximate surface area is 70.4 Å². The zero-order valence-corrected chi connectivity index (χ0v) is 7.93. The van der Waals surface area contributed by atoms with Crippen molar-refractivity contribution >= 4 is 0 Å². The van der Waals surface area contributed by atoms with Crippen LogP contribution in [0, 0.1) is 0 Å². The van der Waals surface area contributed by atoms with Crippen LogP contribution in [0.2, 0.25) is 0 Å². The molecule has 0 radical (unpaired) electrons. The maximum Gasteiger partial charge on any atom is 0.0221 e. The molecule has 0 saturated carbocycles. The molecule has 0 aliphatic rings. The molecule has 0 aliphatic heterocycles. The SMILES string of the molecule is C=C(/C=C\CCC)CN(C)C. The highest BCUT2D eigenvalue weighted by atomic mass is 15.0. The topological polar surface area (TPSA) is 3.24 Å². The van der Waals surface area contributed by atoms with E-state index in [-0.39, 0.29) is 0 Å². The molecule has 0 aliphatic carbocycles. The van der Waals surface area contributed by atoms with Crippen LogP contribution in [0.4, 0.5) is 0 Å². The Morgan fingerprint density at radius 1 is 1.45 bits per heavy atom. The van der Waals surface area contributed by atoms with Crippen LogP contribution in [0.25, 0.3) is 0 Å². The minimum absolute atomic E-state index is 0.959. The molecule has 0 bridgehead atoms. The lowest BCUT2D eigenvalue weighted by Crippen LogP contribution is -2.13. The van der Waals surface area contributed by atoms with Gasteiger partial charge in [-0.05, 0) is 26.1 Å². The number of hydrogen-bond acceptors (Lipinski definition) is 1. The average Bonchev–Trinajstić information content (AvgIpc) is 1.86. The van der Waals surface area contributed by atoms with Crippen molar-refractivity contribution in [3.05, 3.63) is 24.3 Å². The summed E-state index contributed by atoms with van der Waals surface area (Å²) >= 11 is 0. The molecule has 0 saturated heterocycles. The molecule has 0 heterocycles. The molecule has 0 aromatic rings. The fourth-order valence-electron chi connectivity index (χ4n) is 0.876. The van der Waals surface area contributed by atoms with Gasteiger partial charge < -0.3 is 4.90 Å². The molecule has 0 N–H and O–H groups in total. The van der Waals surface area contributed by atoms with Crippen molar-refractivity contribution in [3.63, 3.8) is 0 Å². The smallest absolute Gasteiger partial charge is 0.0221 e. The van der Waals surface area contributed by atoms with Gasteiger partial charge in [0.15, 0.2) is 0 Å². The number of nitrogens with zero attached hydrogens (tertiary/aromatic N) is 1. The van der Waals surface area contributed by atoms with Gasteiger partial charge in [0.25, 0.3) is 0 Å². The largest absolute Gasteiger partial charge is 0.305 e. The van der Waals surface area contributed by atoms with E-state index in [4.69, 9.17) is 0 Å². The van der Waals surface area contributed by atoms with Crippen molar-refractivity contribution in [2.24, 2.45) is 0 Å². The van der Waals surface area contributed by atoms with Crippen LogP contribution in [0.5, 0.6) is 0 Å². The van der Waals surface area contributed by atoms with Crippen LogP contribution in [-0.4, -0.2) is 25.5 Å². The van der Waals surface area contributed by atoms with E-state index < -0.39 is 0 Å². The molecule has 0 amide bonds. The number of hydrogen-bond donors (Lipinski definition) is 0. The third-order valence-electron chi connectivity index (χ3n) is 1.33. The van der Waals surface area contributed by atoms with Gasteiger partial charge in [-0.15, -0.1) is 0 Å². The highest BCUT2D eigenvalue weighted by Crippen LogP contribution is 1.97. The quantitative estimate of drug-likeness (QED) is 0.548. The Morgan fingerprint density at radius 2 is 2.09 bits per heavy atom. The fourth-order valence-corrected chi connectivity index (χ4v) is 0.876. The number of unbranched alkanes of at least 4 members (excludes halogenated alkanes) is 1. The maximum absolute atomic E-state index is 3.94. The van der Waals surface area contributed by atoms with Crippen LogP contribution < -0.4 is 0 Å². The number of rotatable bonds is 5. The van der Waals surface area contributed by atoms with E-state index in [0.29, 0.717) is 0 Å². The van der Waals surface area contributed by atoms with E-state index >= 15 is 0 Å². The molecule has 1 nitrogen and oxygen atoms in total. The lowest BCUT2D eigenvalue weighted by atomic mass is 10.2. The Bertz CT molecular complexity index is 134. The first-order valence-corrected chi connectivity index (χ1v) is 4.16. The zero-order chi connectivity index (χ0) is 8.69. The molecule has 64 valence electrons. The average molecular weight is 153 g/mol. The van der Waals surface area contributed by atoms with E-state index in [1.165, 1.54) is 12.0 Å². The Kier molecular flexibility index (Phi) is 5.86. The Hall–Kier alpha value is -0.560. The van der Waals surface area contributed by atoms with E-state index in [9.17, 15) is 0 Å². The fraction of sp³-hybridized carbons (Fsp3) is 0.600. The standard InChI is InChI=1S/C10H19N/c1-5-6-7-8-10(2)9-11(3)4/h7-8H,2,5-6,9H2,1,3-4H3/b8-7-. The van der Waals surface area contributed by atoms with E-state index in [1.54, 1.807) is 0 Å². The molecule has 0 unspecified atom stereocenters. The van der Waals surface area contributed by atoms with Crippen LogP contribution in [0.1, 0.15) is 19.8 Å². The van der Waals surface area contributed by atoms with Crippen LogP contribution in [0.15, 0.2) is 24.3 Å². The second-order valence-corrected chi connectivity index (χ2v) is 3.09. The van der Waals surface area contributed by atoms with Gasteiger partial charge in [0.2, 0.25) is 0 Å². The summed E-state index contributed by atoms with van der Waals surface area (Å²) in [6.45, 7) is 7.08. The van der Waals surface area contributed by atoms with Gasteiger partial charge in [0.05, 0.1) is 0 Å². The zero-order valence-electron chi connectivity index (χ0n) is 7.93. The predicted molar refractivity (Wildman–Crippen MR) is 51.7 cm³/mol. The third kappa shape index (κ3) is 7.34. The number of allylic oxidation sites excluding steroid dienone is 1. The van der Waals surface area contributed by atoms with Gasteiger partial charge in [0, 0.05) is 6.54 Å². The lowest BCUT2D eigenvalue weighted by Gasteiger charge is -2.08. The normalized spacial score (nSPS) is 11.3. The second-order valence-electron chi connectivity index (χ2n) is 3.09. The molecule has 0 aromatic carbocycles. The molecule has 1 heteroatoms. The highest BCUT2D eigenvalue weighted by molar-refractivity contribution is 5.15. The first-order chi connectivity index (χ1) is 5.16. The van der Waals surface area contributed by atoms with E-state index in [2.05, 4.69) is 44.6 Å². The molecule has 0 rings (SSSR count). The summed E-state index contributed by atoms with van der Waals surface area (Å²) in [5, 5.41) is 0. The first-order valence-electron chi connectivity index (χ1n) is 4.16. The Morgan fingerprint density at radius 3 is 2.55 bits per heavy atom. The van der Waals surface area contributed by atoms with Crippen molar-refractivity contribution in [1.82, 2.24) is 4.90 Å². The van der Waals surface area contributed by atoms with Gasteiger partial charge in [-0.3, -0.25) is 0 Å². The van der Waals surface area contributed by atoms with Gasteiger partial charge in [-0.25, -0.2) is 0 Å². The van der Waals surface area contributed by atoms with Crippen LogP contribution in [-0.2, 0) is 0 Å².